The van der Waals surface area contributed by atoms with Crippen molar-refractivity contribution >= 4 is 23.2 Å². The minimum absolute atomic E-state index is 0.0637. The van der Waals surface area contributed by atoms with Crippen molar-refractivity contribution < 1.29 is 27.4 Å². The van der Waals surface area contributed by atoms with Gasteiger partial charge in [0.2, 0.25) is 0 Å². The molecule has 0 bridgehead atoms. The summed E-state index contributed by atoms with van der Waals surface area (Å²) in [6.45, 7) is 7.25. The van der Waals surface area contributed by atoms with Gasteiger partial charge < -0.3 is 9.84 Å². The Hall–Kier alpha value is -1.46. The van der Waals surface area contributed by atoms with Gasteiger partial charge in [-0.1, -0.05) is 35.3 Å². The highest BCUT2D eigenvalue weighted by atomic mass is 35.5. The number of rotatable bonds is 7. The fraction of sp³-hybridized carbons (Fsp3) is 0.556. The molecule has 38 heavy (non-hydrogen) atoms. The highest BCUT2D eigenvalue weighted by Gasteiger charge is 2.40. The average molecular weight is 578 g/mol. The molecule has 0 spiro atoms. The lowest BCUT2D eigenvalue weighted by molar-refractivity contribution is -0.140. The standard InChI is InChI=1S/C27H33Cl2F4N3O2/c1-16-10-35(11-17(2)38-16)15-26(37)36-13-20(19-5-7-22(28)23(29)9-19)25(14-36)34(3)12-18-4-6-21(24(30)8-18)27(31,32)33/h4-9,16-17,20,25-26,37H,10-15H2,1-3H3. The molecule has 2 aromatic rings. The number of alkyl halides is 3. The molecule has 0 amide bonds. The Morgan fingerprint density at radius 1 is 1.03 bits per heavy atom. The largest absolute Gasteiger partial charge is 0.419 e. The zero-order valence-corrected chi connectivity index (χ0v) is 23.1. The van der Waals surface area contributed by atoms with Gasteiger partial charge in [0.1, 0.15) is 12.0 Å². The van der Waals surface area contributed by atoms with Crippen molar-refractivity contribution in [3.05, 3.63) is 69.0 Å². The van der Waals surface area contributed by atoms with Gasteiger partial charge in [-0.3, -0.25) is 14.7 Å². The number of aliphatic hydroxyl groups is 1. The molecule has 0 saturated carbocycles. The summed E-state index contributed by atoms with van der Waals surface area (Å²) in [4.78, 5) is 6.19. The second kappa shape index (κ2) is 12.0. The summed E-state index contributed by atoms with van der Waals surface area (Å²) < 4.78 is 59.0. The molecule has 4 rings (SSSR count). The van der Waals surface area contributed by atoms with Crippen molar-refractivity contribution in [2.75, 3.05) is 39.8 Å². The zero-order valence-electron chi connectivity index (χ0n) is 21.6. The Morgan fingerprint density at radius 3 is 2.32 bits per heavy atom. The number of aliphatic hydroxyl groups excluding tert-OH is 1. The van der Waals surface area contributed by atoms with Gasteiger partial charge in [-0.25, -0.2) is 4.39 Å². The van der Waals surface area contributed by atoms with Crippen LogP contribution in [0, 0.1) is 5.82 Å². The molecule has 0 aromatic heterocycles. The summed E-state index contributed by atoms with van der Waals surface area (Å²) in [7, 11) is 1.85. The molecule has 1 N–H and O–H groups in total. The van der Waals surface area contributed by atoms with Gasteiger partial charge >= 0.3 is 6.18 Å². The van der Waals surface area contributed by atoms with Gasteiger partial charge in [0.25, 0.3) is 0 Å². The van der Waals surface area contributed by atoms with Crippen LogP contribution in [0.4, 0.5) is 17.6 Å². The normalized spacial score (nSPS) is 26.3. The Balaban J connectivity index is 1.53. The molecule has 11 heteroatoms. The van der Waals surface area contributed by atoms with E-state index < -0.39 is 23.8 Å². The smallest absolute Gasteiger partial charge is 0.377 e. The maximum Gasteiger partial charge on any atom is 0.419 e. The maximum atomic E-state index is 14.2. The molecule has 210 valence electrons. The first-order valence-corrected chi connectivity index (χ1v) is 13.4. The average Bonchev–Trinajstić information content (AvgIpc) is 3.25. The van der Waals surface area contributed by atoms with Crippen LogP contribution in [0.3, 0.4) is 0 Å². The molecule has 2 fully saturated rings. The van der Waals surface area contributed by atoms with E-state index in [9.17, 15) is 22.7 Å². The van der Waals surface area contributed by atoms with E-state index in [2.05, 4.69) is 4.90 Å². The van der Waals surface area contributed by atoms with Gasteiger partial charge in [-0.05, 0) is 56.3 Å². The summed E-state index contributed by atoms with van der Waals surface area (Å²) in [5.41, 5.74) is 0.0962. The predicted octanol–water partition coefficient (Wildman–Crippen LogP) is 5.48. The molecule has 2 aliphatic rings. The molecule has 2 aliphatic heterocycles. The van der Waals surface area contributed by atoms with E-state index in [1.807, 2.05) is 42.8 Å². The summed E-state index contributed by atoms with van der Waals surface area (Å²) >= 11 is 12.5. The SMILES string of the molecule is CC1CN(CC(O)N2CC(c3ccc(Cl)c(Cl)c3)C(N(C)Cc3ccc(C(F)(F)F)c(F)c3)C2)CC(C)O1. The number of halogens is 6. The number of hydrogen-bond donors (Lipinski definition) is 1. The molecule has 0 radical (unpaired) electrons. The number of nitrogens with zero attached hydrogens (tertiary/aromatic N) is 3. The lowest BCUT2D eigenvalue weighted by Crippen LogP contribution is -2.51. The maximum absolute atomic E-state index is 14.2. The Kier molecular flexibility index (Phi) is 9.29. The summed E-state index contributed by atoms with van der Waals surface area (Å²) in [6, 6.07) is 8.36. The molecule has 5 atom stereocenters. The molecular weight excluding hydrogens is 545 g/mol. The van der Waals surface area contributed by atoms with E-state index in [0.717, 1.165) is 30.8 Å². The second-order valence-corrected chi connectivity index (χ2v) is 11.3. The molecule has 2 heterocycles. The third-order valence-corrected chi connectivity index (χ3v) is 8.10. The fourth-order valence-electron chi connectivity index (χ4n) is 5.65. The number of β-amino-alcohol motifs (C(OH)–C–C–N with tert-alkyl or cyclic N) is 1. The van der Waals surface area contributed by atoms with Crippen molar-refractivity contribution in [1.29, 1.82) is 0 Å². The first-order chi connectivity index (χ1) is 17.8. The van der Waals surface area contributed by atoms with E-state index in [-0.39, 0.29) is 30.7 Å². The first kappa shape index (κ1) is 29.5. The quantitative estimate of drug-likeness (QED) is 0.441. The number of hydrogen-bond acceptors (Lipinski definition) is 5. The topological polar surface area (TPSA) is 39.2 Å². The molecule has 2 aromatic carbocycles. The van der Waals surface area contributed by atoms with Crippen molar-refractivity contribution in [3.63, 3.8) is 0 Å². The van der Waals surface area contributed by atoms with E-state index >= 15 is 0 Å². The number of likely N-dealkylation sites (tertiary alicyclic amines) is 1. The van der Waals surface area contributed by atoms with Crippen LogP contribution in [0.25, 0.3) is 0 Å². The molecular formula is C27H33Cl2F4N3O2. The third-order valence-electron chi connectivity index (χ3n) is 7.36. The van der Waals surface area contributed by atoms with E-state index in [0.29, 0.717) is 35.2 Å². The second-order valence-electron chi connectivity index (χ2n) is 10.5. The highest BCUT2D eigenvalue weighted by Crippen LogP contribution is 2.36. The minimum atomic E-state index is -4.74. The first-order valence-electron chi connectivity index (χ1n) is 12.6. The van der Waals surface area contributed by atoms with Crippen LogP contribution in [0.1, 0.15) is 36.5 Å². The van der Waals surface area contributed by atoms with Crippen LogP contribution in [0.5, 0.6) is 0 Å². The van der Waals surface area contributed by atoms with Crippen molar-refractivity contribution in [1.82, 2.24) is 14.7 Å². The van der Waals surface area contributed by atoms with Gasteiger partial charge in [-0.15, -0.1) is 0 Å². The van der Waals surface area contributed by atoms with Crippen molar-refractivity contribution in [2.45, 2.75) is 57.0 Å². The number of benzene rings is 2. The monoisotopic (exact) mass is 577 g/mol. The Morgan fingerprint density at radius 2 is 1.71 bits per heavy atom. The van der Waals surface area contributed by atoms with Crippen LogP contribution in [0.15, 0.2) is 36.4 Å². The summed E-state index contributed by atoms with van der Waals surface area (Å²) in [5.74, 6) is -1.35. The molecule has 5 unspecified atom stereocenters. The van der Waals surface area contributed by atoms with Crippen LogP contribution >= 0.6 is 23.2 Å². The van der Waals surface area contributed by atoms with E-state index in [4.69, 9.17) is 27.9 Å². The number of ether oxygens (including phenoxy) is 1. The van der Waals surface area contributed by atoms with E-state index in [1.54, 1.807) is 6.07 Å². The van der Waals surface area contributed by atoms with Crippen LogP contribution < -0.4 is 0 Å². The Labute approximate surface area is 230 Å². The van der Waals surface area contributed by atoms with Crippen LogP contribution in [0.2, 0.25) is 10.0 Å². The molecule has 2 saturated heterocycles. The number of morpholine rings is 1. The lowest BCUT2D eigenvalue weighted by Gasteiger charge is -2.37. The van der Waals surface area contributed by atoms with Gasteiger partial charge in [0.05, 0.1) is 27.8 Å². The summed E-state index contributed by atoms with van der Waals surface area (Å²) in [6.07, 6.45) is -5.31. The van der Waals surface area contributed by atoms with Crippen LogP contribution in [-0.2, 0) is 17.5 Å². The fourth-order valence-corrected chi connectivity index (χ4v) is 5.96. The van der Waals surface area contributed by atoms with Crippen molar-refractivity contribution in [3.8, 4) is 0 Å². The lowest BCUT2D eigenvalue weighted by atomic mass is 9.93. The minimum Gasteiger partial charge on any atom is -0.377 e. The van der Waals surface area contributed by atoms with Gasteiger partial charge in [-0.2, -0.15) is 13.2 Å². The molecule has 0 aliphatic carbocycles. The van der Waals surface area contributed by atoms with E-state index in [1.165, 1.54) is 6.07 Å². The summed E-state index contributed by atoms with van der Waals surface area (Å²) in [5, 5.41) is 12.0. The number of likely N-dealkylation sites (N-methyl/N-ethyl adjacent to an activating group) is 1. The van der Waals surface area contributed by atoms with Gasteiger partial charge in [0.15, 0.2) is 0 Å². The van der Waals surface area contributed by atoms with Crippen LogP contribution in [-0.4, -0.2) is 84.1 Å². The Bertz CT molecular complexity index is 1110. The predicted molar refractivity (Wildman–Crippen MR) is 140 cm³/mol. The zero-order chi connectivity index (χ0) is 27.8. The highest BCUT2D eigenvalue weighted by molar-refractivity contribution is 6.42. The van der Waals surface area contributed by atoms with Crippen molar-refractivity contribution in [2.24, 2.45) is 0 Å². The molecule has 5 nitrogen and oxygen atoms in total. The van der Waals surface area contributed by atoms with Gasteiger partial charge in [0, 0.05) is 51.2 Å². The third kappa shape index (κ3) is 6.99.